The molecule has 5 nitrogen and oxygen atoms in total. The zero-order valence-corrected chi connectivity index (χ0v) is 12.0. The first kappa shape index (κ1) is 14.8. The van der Waals surface area contributed by atoms with Gasteiger partial charge in [-0.2, -0.15) is 0 Å². The lowest BCUT2D eigenvalue weighted by Crippen LogP contribution is -2.46. The summed E-state index contributed by atoms with van der Waals surface area (Å²) in [4.78, 5) is 14.2. The minimum atomic E-state index is 0.0134. The predicted octanol–water partition coefficient (Wildman–Crippen LogP) is 1.32. The van der Waals surface area contributed by atoms with E-state index in [0.29, 0.717) is 13.2 Å². The molecular weight excluding hydrogens is 254 g/mol. The lowest BCUT2D eigenvalue weighted by Gasteiger charge is -2.26. The largest absolute Gasteiger partial charge is 0.491 e. The van der Waals surface area contributed by atoms with E-state index in [0.717, 1.165) is 44.0 Å². The Morgan fingerprint density at radius 1 is 1.35 bits per heavy atom. The van der Waals surface area contributed by atoms with E-state index >= 15 is 0 Å². The molecule has 0 radical (unpaired) electrons. The molecule has 0 aliphatic carbocycles. The van der Waals surface area contributed by atoms with Gasteiger partial charge in [0.2, 0.25) is 5.91 Å². The first-order valence-electron chi connectivity index (χ1n) is 7.24. The molecular formula is C15H23N3O2. The number of nitrogens with one attached hydrogen (secondary N) is 2. The van der Waals surface area contributed by atoms with Gasteiger partial charge in [-0.15, -0.1) is 0 Å². The summed E-state index contributed by atoms with van der Waals surface area (Å²) in [5.41, 5.74) is 0.751. The Morgan fingerprint density at radius 3 is 2.85 bits per heavy atom. The molecule has 1 aliphatic heterocycles. The number of anilines is 1. The van der Waals surface area contributed by atoms with Crippen LogP contribution in [0.5, 0.6) is 5.75 Å². The van der Waals surface area contributed by atoms with Crippen molar-refractivity contribution in [1.29, 1.82) is 0 Å². The number of hydrogen-bond acceptors (Lipinski definition) is 4. The van der Waals surface area contributed by atoms with Gasteiger partial charge in [-0.3, -0.25) is 9.69 Å². The topological polar surface area (TPSA) is 53.6 Å². The number of piperazine rings is 1. The number of nitrogens with zero attached hydrogens (tertiary/aromatic N) is 1. The molecule has 1 aromatic rings. The maximum absolute atomic E-state index is 12.1. The van der Waals surface area contributed by atoms with Crippen LogP contribution in [0.2, 0.25) is 0 Å². The van der Waals surface area contributed by atoms with Gasteiger partial charge in [-0.05, 0) is 18.6 Å². The number of benzene rings is 1. The van der Waals surface area contributed by atoms with Crippen LogP contribution in [-0.4, -0.2) is 50.1 Å². The summed E-state index contributed by atoms with van der Waals surface area (Å²) in [5.74, 6) is 0.752. The van der Waals surface area contributed by atoms with E-state index in [1.165, 1.54) is 0 Å². The molecule has 0 unspecified atom stereocenters. The summed E-state index contributed by atoms with van der Waals surface area (Å²) >= 11 is 0. The van der Waals surface area contributed by atoms with Crippen LogP contribution in [0.1, 0.15) is 13.3 Å². The average molecular weight is 277 g/mol. The van der Waals surface area contributed by atoms with Crippen molar-refractivity contribution < 1.29 is 9.53 Å². The molecule has 110 valence electrons. The van der Waals surface area contributed by atoms with E-state index in [9.17, 15) is 4.79 Å². The highest BCUT2D eigenvalue weighted by molar-refractivity contribution is 5.93. The summed E-state index contributed by atoms with van der Waals surface area (Å²) in [7, 11) is 0. The number of para-hydroxylation sites is 2. The van der Waals surface area contributed by atoms with Crippen LogP contribution in [0.25, 0.3) is 0 Å². The lowest BCUT2D eigenvalue weighted by molar-refractivity contribution is -0.117. The van der Waals surface area contributed by atoms with Crippen LogP contribution in [0.4, 0.5) is 5.69 Å². The van der Waals surface area contributed by atoms with E-state index in [-0.39, 0.29) is 5.91 Å². The number of amides is 1. The quantitative estimate of drug-likeness (QED) is 0.823. The molecule has 1 aromatic carbocycles. The van der Waals surface area contributed by atoms with Crippen molar-refractivity contribution in [2.45, 2.75) is 13.3 Å². The zero-order valence-electron chi connectivity index (χ0n) is 12.0. The molecule has 2 N–H and O–H groups in total. The Kier molecular flexibility index (Phi) is 5.83. The van der Waals surface area contributed by atoms with Gasteiger partial charge in [-0.25, -0.2) is 0 Å². The highest BCUT2D eigenvalue weighted by Crippen LogP contribution is 2.23. The molecule has 5 heteroatoms. The first-order valence-corrected chi connectivity index (χ1v) is 7.24. The normalized spacial score (nSPS) is 15.8. The van der Waals surface area contributed by atoms with Gasteiger partial charge in [0, 0.05) is 26.2 Å². The van der Waals surface area contributed by atoms with Gasteiger partial charge >= 0.3 is 0 Å². The Bertz CT molecular complexity index is 431. The first-order chi connectivity index (χ1) is 9.79. The molecule has 0 aromatic heterocycles. The van der Waals surface area contributed by atoms with Crippen molar-refractivity contribution in [2.75, 3.05) is 44.6 Å². The molecule has 1 heterocycles. The molecule has 1 amide bonds. The molecule has 0 atom stereocenters. The molecule has 1 fully saturated rings. The molecule has 0 saturated carbocycles. The predicted molar refractivity (Wildman–Crippen MR) is 80.2 cm³/mol. The second-order valence-corrected chi connectivity index (χ2v) is 4.92. The highest BCUT2D eigenvalue weighted by Gasteiger charge is 2.14. The maximum Gasteiger partial charge on any atom is 0.238 e. The van der Waals surface area contributed by atoms with Crippen LogP contribution in [-0.2, 0) is 4.79 Å². The Balaban J connectivity index is 1.89. The van der Waals surface area contributed by atoms with Crippen molar-refractivity contribution in [1.82, 2.24) is 10.2 Å². The van der Waals surface area contributed by atoms with Gasteiger partial charge in [0.25, 0.3) is 0 Å². The number of carbonyl (C=O) groups is 1. The zero-order chi connectivity index (χ0) is 14.2. The third-order valence-electron chi connectivity index (χ3n) is 3.20. The summed E-state index contributed by atoms with van der Waals surface area (Å²) in [6.45, 7) is 6.88. The lowest BCUT2D eigenvalue weighted by atomic mass is 10.3. The van der Waals surface area contributed by atoms with Crippen molar-refractivity contribution in [3.8, 4) is 5.75 Å². The van der Waals surface area contributed by atoms with Crippen LogP contribution >= 0.6 is 0 Å². The van der Waals surface area contributed by atoms with Gasteiger partial charge in [0.1, 0.15) is 5.75 Å². The monoisotopic (exact) mass is 277 g/mol. The van der Waals surface area contributed by atoms with Gasteiger partial charge in [0.05, 0.1) is 18.8 Å². The fourth-order valence-electron chi connectivity index (χ4n) is 2.17. The van der Waals surface area contributed by atoms with Crippen LogP contribution in [0.3, 0.4) is 0 Å². The molecule has 0 spiro atoms. The number of hydrogen-bond donors (Lipinski definition) is 2. The number of ether oxygens (including phenoxy) is 1. The third-order valence-corrected chi connectivity index (χ3v) is 3.20. The van der Waals surface area contributed by atoms with Crippen LogP contribution in [0.15, 0.2) is 24.3 Å². The summed E-state index contributed by atoms with van der Waals surface area (Å²) in [5, 5.41) is 6.22. The van der Waals surface area contributed by atoms with Crippen molar-refractivity contribution in [3.05, 3.63) is 24.3 Å². The number of rotatable bonds is 6. The standard InChI is InChI=1S/C15H23N3O2/c1-2-11-20-14-6-4-3-5-13(14)17-15(19)12-18-9-7-16-8-10-18/h3-6,16H,2,7-12H2,1H3,(H,17,19). The Labute approximate surface area is 120 Å². The molecule has 1 saturated heterocycles. The van der Waals surface area contributed by atoms with Gasteiger partial charge in [-0.1, -0.05) is 19.1 Å². The smallest absolute Gasteiger partial charge is 0.238 e. The SMILES string of the molecule is CCCOc1ccccc1NC(=O)CN1CCNCC1. The maximum atomic E-state index is 12.1. The summed E-state index contributed by atoms with van der Waals surface area (Å²) < 4.78 is 5.64. The molecule has 1 aliphatic rings. The van der Waals surface area contributed by atoms with Crippen LogP contribution in [0, 0.1) is 0 Å². The van der Waals surface area contributed by atoms with Crippen molar-refractivity contribution in [2.24, 2.45) is 0 Å². The Morgan fingerprint density at radius 2 is 2.10 bits per heavy atom. The minimum absolute atomic E-state index is 0.0134. The van der Waals surface area contributed by atoms with E-state index < -0.39 is 0 Å². The van der Waals surface area contributed by atoms with Gasteiger partial charge in [0.15, 0.2) is 0 Å². The minimum Gasteiger partial charge on any atom is -0.491 e. The molecule has 20 heavy (non-hydrogen) atoms. The van der Waals surface area contributed by atoms with Gasteiger partial charge < -0.3 is 15.4 Å². The highest BCUT2D eigenvalue weighted by atomic mass is 16.5. The molecule has 2 rings (SSSR count). The van der Waals surface area contributed by atoms with E-state index in [2.05, 4.69) is 22.5 Å². The fourth-order valence-corrected chi connectivity index (χ4v) is 2.17. The van der Waals surface area contributed by atoms with E-state index in [1.54, 1.807) is 0 Å². The summed E-state index contributed by atoms with van der Waals surface area (Å²) in [6.07, 6.45) is 0.947. The van der Waals surface area contributed by atoms with E-state index in [1.807, 2.05) is 24.3 Å². The van der Waals surface area contributed by atoms with E-state index in [4.69, 9.17) is 4.74 Å². The van der Waals surface area contributed by atoms with Crippen LogP contribution < -0.4 is 15.4 Å². The Hall–Kier alpha value is -1.59. The average Bonchev–Trinajstić information content (AvgIpc) is 2.47. The van der Waals surface area contributed by atoms with Crippen molar-refractivity contribution in [3.63, 3.8) is 0 Å². The second-order valence-electron chi connectivity index (χ2n) is 4.92. The van der Waals surface area contributed by atoms with Crippen molar-refractivity contribution >= 4 is 11.6 Å². The number of carbonyl (C=O) groups excluding carboxylic acids is 1. The third kappa shape index (κ3) is 4.51. The molecule has 0 bridgehead atoms. The summed E-state index contributed by atoms with van der Waals surface area (Å²) in [6, 6.07) is 7.58. The fraction of sp³-hybridized carbons (Fsp3) is 0.533. The second kappa shape index (κ2) is 7.87.